The fraction of sp³-hybridized carbons (Fsp3) is 0.533. The Morgan fingerprint density at radius 1 is 1.35 bits per heavy atom. The summed E-state index contributed by atoms with van der Waals surface area (Å²) >= 11 is 1.86. The Labute approximate surface area is 123 Å². The number of nitrogens with zero attached hydrogens (tertiary/aromatic N) is 2. The first-order valence-corrected chi connectivity index (χ1v) is 8.33. The van der Waals surface area contributed by atoms with Gasteiger partial charge >= 0.3 is 0 Å². The topological polar surface area (TPSA) is 44.0 Å². The molecule has 2 aliphatic rings. The van der Waals surface area contributed by atoms with Crippen LogP contribution in [0.4, 0.5) is 0 Å². The van der Waals surface area contributed by atoms with E-state index in [2.05, 4.69) is 31.6 Å². The van der Waals surface area contributed by atoms with Crippen molar-refractivity contribution in [3.8, 4) is 0 Å². The van der Waals surface area contributed by atoms with Gasteiger partial charge in [-0.3, -0.25) is 4.90 Å². The van der Waals surface area contributed by atoms with Crippen LogP contribution in [-0.4, -0.2) is 34.5 Å². The molecule has 0 aliphatic carbocycles. The van der Waals surface area contributed by atoms with Gasteiger partial charge in [-0.05, 0) is 42.9 Å². The van der Waals surface area contributed by atoms with Crippen LogP contribution in [-0.2, 0) is 13.0 Å². The predicted molar refractivity (Wildman–Crippen MR) is 81.0 cm³/mol. The molecule has 2 aromatic heterocycles. The van der Waals surface area contributed by atoms with Gasteiger partial charge in [-0.15, -0.1) is 11.3 Å². The molecule has 4 rings (SSSR count). The zero-order valence-electron chi connectivity index (χ0n) is 11.6. The van der Waals surface area contributed by atoms with Gasteiger partial charge < -0.3 is 10.3 Å². The summed E-state index contributed by atoms with van der Waals surface area (Å²) in [5.74, 6) is 0. The minimum atomic E-state index is 0.280. The summed E-state index contributed by atoms with van der Waals surface area (Å²) < 4.78 is 0. The SMILES string of the molecule is c1nc2c([nH]1)CCNC2c1cc(CN2CCCC2)cs1. The highest BCUT2D eigenvalue weighted by Crippen LogP contribution is 2.31. The van der Waals surface area contributed by atoms with Crippen molar-refractivity contribution in [1.82, 2.24) is 20.2 Å². The molecular weight excluding hydrogens is 268 g/mol. The molecule has 1 atom stereocenters. The lowest BCUT2D eigenvalue weighted by Gasteiger charge is -2.21. The van der Waals surface area contributed by atoms with E-state index in [1.54, 1.807) is 0 Å². The number of imidazole rings is 1. The Morgan fingerprint density at radius 2 is 2.25 bits per heavy atom. The van der Waals surface area contributed by atoms with E-state index < -0.39 is 0 Å². The van der Waals surface area contributed by atoms with Crippen molar-refractivity contribution < 1.29 is 0 Å². The molecule has 2 N–H and O–H groups in total. The van der Waals surface area contributed by atoms with Crippen LogP contribution in [0.1, 0.15) is 40.7 Å². The Balaban J connectivity index is 1.54. The number of likely N-dealkylation sites (tertiary alicyclic amines) is 1. The maximum absolute atomic E-state index is 4.51. The number of thiophene rings is 1. The fourth-order valence-electron chi connectivity index (χ4n) is 3.28. The van der Waals surface area contributed by atoms with Crippen LogP contribution < -0.4 is 5.32 Å². The number of hydrogen-bond donors (Lipinski definition) is 2. The molecular formula is C15H20N4S. The lowest BCUT2D eigenvalue weighted by molar-refractivity contribution is 0.332. The van der Waals surface area contributed by atoms with Crippen LogP contribution >= 0.6 is 11.3 Å². The summed E-state index contributed by atoms with van der Waals surface area (Å²) in [6.45, 7) is 4.66. The third-order valence-corrected chi connectivity index (χ3v) is 5.36. The molecule has 0 aromatic carbocycles. The van der Waals surface area contributed by atoms with E-state index in [0.717, 1.165) is 19.5 Å². The minimum Gasteiger partial charge on any atom is -0.348 e. The Bertz CT molecular complexity index is 582. The normalized spacial score (nSPS) is 23.1. The average Bonchev–Trinajstić information content (AvgIpc) is 3.19. The molecule has 4 nitrogen and oxygen atoms in total. The molecule has 20 heavy (non-hydrogen) atoms. The molecule has 0 amide bonds. The summed E-state index contributed by atoms with van der Waals surface area (Å²) in [6, 6.07) is 2.65. The standard InChI is InChI=1S/C15H20N4S/c1-2-6-19(5-1)8-11-7-13(20-9-11)15-14-12(3-4-16-15)17-10-18-14/h7,9-10,15-16H,1-6,8H2,(H,17,18). The van der Waals surface area contributed by atoms with Gasteiger partial charge in [-0.1, -0.05) is 0 Å². The van der Waals surface area contributed by atoms with Crippen LogP contribution in [0, 0.1) is 0 Å². The van der Waals surface area contributed by atoms with Crippen molar-refractivity contribution in [3.05, 3.63) is 39.6 Å². The van der Waals surface area contributed by atoms with E-state index in [-0.39, 0.29) is 6.04 Å². The molecule has 0 radical (unpaired) electrons. The molecule has 0 spiro atoms. The number of H-pyrrole nitrogens is 1. The van der Waals surface area contributed by atoms with Crippen molar-refractivity contribution in [1.29, 1.82) is 0 Å². The maximum Gasteiger partial charge on any atom is 0.0926 e. The predicted octanol–water partition coefficient (Wildman–Crippen LogP) is 2.30. The number of hydrogen-bond acceptors (Lipinski definition) is 4. The molecule has 5 heteroatoms. The Kier molecular flexibility index (Phi) is 3.34. The molecule has 2 aliphatic heterocycles. The summed E-state index contributed by atoms with van der Waals surface area (Å²) in [7, 11) is 0. The summed E-state index contributed by atoms with van der Waals surface area (Å²) in [4.78, 5) is 11.7. The quantitative estimate of drug-likeness (QED) is 0.911. The molecule has 106 valence electrons. The van der Waals surface area contributed by atoms with Gasteiger partial charge in [0.25, 0.3) is 0 Å². The van der Waals surface area contributed by atoms with Crippen LogP contribution in [0.2, 0.25) is 0 Å². The molecule has 4 heterocycles. The zero-order valence-corrected chi connectivity index (χ0v) is 12.4. The van der Waals surface area contributed by atoms with Gasteiger partial charge in [-0.2, -0.15) is 0 Å². The minimum absolute atomic E-state index is 0.280. The van der Waals surface area contributed by atoms with E-state index in [0.29, 0.717) is 0 Å². The number of rotatable bonds is 3. The highest BCUT2D eigenvalue weighted by Gasteiger charge is 2.25. The number of fused-ring (bicyclic) bond motifs is 1. The molecule has 0 saturated carbocycles. The second-order valence-corrected chi connectivity index (χ2v) is 6.69. The van der Waals surface area contributed by atoms with Gasteiger partial charge in [0, 0.05) is 30.1 Å². The van der Waals surface area contributed by atoms with Gasteiger partial charge in [-0.25, -0.2) is 4.98 Å². The highest BCUT2D eigenvalue weighted by atomic mass is 32.1. The number of nitrogens with one attached hydrogen (secondary N) is 2. The molecule has 2 aromatic rings. The van der Waals surface area contributed by atoms with E-state index >= 15 is 0 Å². The van der Waals surface area contributed by atoms with Crippen molar-refractivity contribution >= 4 is 11.3 Å². The van der Waals surface area contributed by atoms with Crippen molar-refractivity contribution in [3.63, 3.8) is 0 Å². The number of aromatic nitrogens is 2. The summed E-state index contributed by atoms with van der Waals surface area (Å²) in [5.41, 5.74) is 3.94. The number of aromatic amines is 1. The third kappa shape index (κ3) is 2.30. The first kappa shape index (κ1) is 12.6. The average molecular weight is 288 g/mol. The Morgan fingerprint density at radius 3 is 3.15 bits per heavy atom. The van der Waals surface area contributed by atoms with Crippen LogP contribution in [0.15, 0.2) is 17.8 Å². The lowest BCUT2D eigenvalue weighted by Crippen LogP contribution is -2.30. The first-order chi connectivity index (χ1) is 9.90. The van der Waals surface area contributed by atoms with Crippen LogP contribution in [0.5, 0.6) is 0 Å². The maximum atomic E-state index is 4.51. The van der Waals surface area contributed by atoms with Gasteiger partial charge in [0.2, 0.25) is 0 Å². The molecule has 1 saturated heterocycles. The fourth-order valence-corrected chi connectivity index (χ4v) is 4.26. The first-order valence-electron chi connectivity index (χ1n) is 7.45. The van der Waals surface area contributed by atoms with Crippen molar-refractivity contribution in [2.24, 2.45) is 0 Å². The smallest absolute Gasteiger partial charge is 0.0926 e. The summed E-state index contributed by atoms with van der Waals surface area (Å²) in [5, 5.41) is 5.91. The van der Waals surface area contributed by atoms with E-state index in [1.807, 2.05) is 17.7 Å². The van der Waals surface area contributed by atoms with Crippen LogP contribution in [0.3, 0.4) is 0 Å². The zero-order chi connectivity index (χ0) is 13.4. The Hall–Kier alpha value is -1.17. The van der Waals surface area contributed by atoms with E-state index in [4.69, 9.17) is 0 Å². The van der Waals surface area contributed by atoms with Crippen molar-refractivity contribution in [2.45, 2.75) is 31.8 Å². The molecule has 1 unspecified atom stereocenters. The molecule has 0 bridgehead atoms. The second kappa shape index (κ2) is 5.31. The molecule has 1 fully saturated rings. The second-order valence-electron chi connectivity index (χ2n) is 5.74. The van der Waals surface area contributed by atoms with Crippen LogP contribution in [0.25, 0.3) is 0 Å². The van der Waals surface area contributed by atoms with E-state index in [1.165, 1.54) is 47.8 Å². The summed E-state index contributed by atoms with van der Waals surface area (Å²) in [6.07, 6.45) is 5.59. The van der Waals surface area contributed by atoms with E-state index in [9.17, 15) is 0 Å². The van der Waals surface area contributed by atoms with Gasteiger partial charge in [0.1, 0.15) is 0 Å². The monoisotopic (exact) mass is 288 g/mol. The lowest BCUT2D eigenvalue weighted by atomic mass is 10.0. The van der Waals surface area contributed by atoms with Gasteiger partial charge in [0.15, 0.2) is 0 Å². The van der Waals surface area contributed by atoms with Crippen molar-refractivity contribution in [2.75, 3.05) is 19.6 Å². The largest absolute Gasteiger partial charge is 0.348 e. The highest BCUT2D eigenvalue weighted by molar-refractivity contribution is 7.10. The third-order valence-electron chi connectivity index (χ3n) is 4.31. The van der Waals surface area contributed by atoms with Gasteiger partial charge in [0.05, 0.1) is 18.1 Å².